The highest BCUT2D eigenvalue weighted by Crippen LogP contribution is 2.23. The van der Waals surface area contributed by atoms with Crippen LogP contribution in [0.3, 0.4) is 0 Å². The first kappa shape index (κ1) is 11.1. The molecule has 4 nitrogen and oxygen atoms in total. The Balaban J connectivity index is 2.09. The van der Waals surface area contributed by atoms with Crippen LogP contribution in [-0.2, 0) is 4.79 Å². The molecule has 0 aliphatic carbocycles. The van der Waals surface area contributed by atoms with Gasteiger partial charge in [-0.3, -0.25) is 9.69 Å². The number of hydrogen-bond donors (Lipinski definition) is 2. The number of hydrogen-bond acceptors (Lipinski definition) is 3. The number of carbonyl (C=O) groups is 1. The van der Waals surface area contributed by atoms with Gasteiger partial charge in [-0.1, -0.05) is 18.2 Å². The SMILES string of the molecule is CN1CCC[C@]1(N)C(=O)Nc1ccccc1. The van der Waals surface area contributed by atoms with Crippen LogP contribution in [0.25, 0.3) is 0 Å². The summed E-state index contributed by atoms with van der Waals surface area (Å²) in [6.07, 6.45) is 1.68. The fraction of sp³-hybridized carbons (Fsp3) is 0.417. The Labute approximate surface area is 95.4 Å². The summed E-state index contributed by atoms with van der Waals surface area (Å²) >= 11 is 0. The summed E-state index contributed by atoms with van der Waals surface area (Å²) in [4.78, 5) is 14.0. The Kier molecular flexibility index (Phi) is 2.94. The zero-order valence-electron chi connectivity index (χ0n) is 9.44. The van der Waals surface area contributed by atoms with Crippen molar-refractivity contribution in [2.75, 3.05) is 18.9 Å². The molecule has 86 valence electrons. The minimum atomic E-state index is -0.851. The molecule has 1 atom stereocenters. The van der Waals surface area contributed by atoms with Crippen molar-refractivity contribution in [3.8, 4) is 0 Å². The largest absolute Gasteiger partial charge is 0.323 e. The molecule has 0 aromatic heterocycles. The number of nitrogens with zero attached hydrogens (tertiary/aromatic N) is 1. The van der Waals surface area contributed by atoms with Crippen molar-refractivity contribution >= 4 is 11.6 Å². The minimum Gasteiger partial charge on any atom is -0.323 e. The van der Waals surface area contributed by atoms with Crippen LogP contribution in [0.2, 0.25) is 0 Å². The molecule has 0 saturated carbocycles. The number of likely N-dealkylation sites (N-methyl/N-ethyl adjacent to an activating group) is 1. The molecule has 0 bridgehead atoms. The molecule has 1 heterocycles. The lowest BCUT2D eigenvalue weighted by Gasteiger charge is -2.30. The van der Waals surface area contributed by atoms with Gasteiger partial charge in [-0.25, -0.2) is 0 Å². The third-order valence-corrected chi connectivity index (χ3v) is 3.16. The molecule has 16 heavy (non-hydrogen) atoms. The Hall–Kier alpha value is -1.39. The van der Waals surface area contributed by atoms with E-state index in [4.69, 9.17) is 5.73 Å². The minimum absolute atomic E-state index is 0.126. The van der Waals surface area contributed by atoms with E-state index in [-0.39, 0.29) is 5.91 Å². The average Bonchev–Trinajstić information content (AvgIpc) is 2.62. The van der Waals surface area contributed by atoms with Crippen molar-refractivity contribution in [3.05, 3.63) is 30.3 Å². The van der Waals surface area contributed by atoms with Gasteiger partial charge in [0.25, 0.3) is 5.91 Å². The van der Waals surface area contributed by atoms with Crippen LogP contribution in [0.1, 0.15) is 12.8 Å². The van der Waals surface area contributed by atoms with Crippen molar-refractivity contribution in [3.63, 3.8) is 0 Å². The molecule has 3 N–H and O–H groups in total. The lowest BCUT2D eigenvalue weighted by Crippen LogP contribution is -2.58. The number of benzene rings is 1. The van der Waals surface area contributed by atoms with Crippen LogP contribution in [0.15, 0.2) is 30.3 Å². The quantitative estimate of drug-likeness (QED) is 0.780. The summed E-state index contributed by atoms with van der Waals surface area (Å²) in [5.41, 5.74) is 6.05. The normalized spacial score (nSPS) is 25.6. The number of anilines is 1. The summed E-state index contributed by atoms with van der Waals surface area (Å²) in [6.45, 7) is 0.874. The predicted molar refractivity (Wildman–Crippen MR) is 63.9 cm³/mol. The van der Waals surface area contributed by atoms with Gasteiger partial charge in [-0.2, -0.15) is 0 Å². The first-order valence-corrected chi connectivity index (χ1v) is 5.49. The second-order valence-corrected chi connectivity index (χ2v) is 4.27. The molecule has 0 spiro atoms. The van der Waals surface area contributed by atoms with Crippen molar-refractivity contribution in [1.82, 2.24) is 4.90 Å². The molecule has 1 aliphatic heterocycles. The number of carbonyl (C=O) groups excluding carboxylic acids is 1. The molecule has 1 aliphatic rings. The van der Waals surface area contributed by atoms with E-state index in [9.17, 15) is 4.79 Å². The summed E-state index contributed by atoms with van der Waals surface area (Å²) < 4.78 is 0. The van der Waals surface area contributed by atoms with Crippen molar-refractivity contribution < 1.29 is 4.79 Å². The summed E-state index contributed by atoms with van der Waals surface area (Å²) in [6, 6.07) is 9.40. The molecule has 0 unspecified atom stereocenters. The second-order valence-electron chi connectivity index (χ2n) is 4.27. The van der Waals surface area contributed by atoms with Gasteiger partial charge in [0, 0.05) is 12.2 Å². The maximum absolute atomic E-state index is 12.1. The lowest BCUT2D eigenvalue weighted by atomic mass is 10.1. The Morgan fingerprint density at radius 1 is 1.44 bits per heavy atom. The van der Waals surface area contributed by atoms with Gasteiger partial charge in [-0.15, -0.1) is 0 Å². The second kappa shape index (κ2) is 4.23. The number of para-hydroxylation sites is 1. The van der Waals surface area contributed by atoms with E-state index in [0.717, 1.165) is 18.7 Å². The van der Waals surface area contributed by atoms with Gasteiger partial charge in [0.2, 0.25) is 0 Å². The third kappa shape index (κ3) is 1.94. The zero-order valence-corrected chi connectivity index (χ0v) is 9.44. The Morgan fingerprint density at radius 3 is 2.69 bits per heavy atom. The molecule has 0 radical (unpaired) electrons. The summed E-state index contributed by atoms with van der Waals surface area (Å²) in [7, 11) is 1.89. The van der Waals surface area contributed by atoms with Crippen LogP contribution in [0.4, 0.5) is 5.69 Å². The highest BCUT2D eigenvalue weighted by atomic mass is 16.2. The van der Waals surface area contributed by atoms with Crippen molar-refractivity contribution in [2.45, 2.75) is 18.5 Å². The van der Waals surface area contributed by atoms with Crippen molar-refractivity contribution in [1.29, 1.82) is 0 Å². The monoisotopic (exact) mass is 219 g/mol. The van der Waals surface area contributed by atoms with Crippen LogP contribution < -0.4 is 11.1 Å². The van der Waals surface area contributed by atoms with E-state index in [0.29, 0.717) is 6.42 Å². The molecule has 4 heteroatoms. The van der Waals surface area contributed by atoms with E-state index >= 15 is 0 Å². The van der Waals surface area contributed by atoms with E-state index in [1.807, 2.05) is 42.3 Å². The van der Waals surface area contributed by atoms with Gasteiger partial charge in [-0.05, 0) is 32.0 Å². The van der Waals surface area contributed by atoms with Crippen LogP contribution in [-0.4, -0.2) is 30.1 Å². The third-order valence-electron chi connectivity index (χ3n) is 3.16. The summed E-state index contributed by atoms with van der Waals surface area (Å²) in [5.74, 6) is -0.126. The fourth-order valence-electron chi connectivity index (χ4n) is 2.02. The topological polar surface area (TPSA) is 58.4 Å². The zero-order chi connectivity index (χ0) is 11.6. The highest BCUT2D eigenvalue weighted by molar-refractivity contribution is 5.97. The maximum atomic E-state index is 12.1. The van der Waals surface area contributed by atoms with E-state index < -0.39 is 5.66 Å². The average molecular weight is 219 g/mol. The molecule has 1 aromatic carbocycles. The van der Waals surface area contributed by atoms with Gasteiger partial charge in [0.1, 0.15) is 5.66 Å². The van der Waals surface area contributed by atoms with Crippen molar-refractivity contribution in [2.24, 2.45) is 5.73 Å². The number of nitrogens with one attached hydrogen (secondary N) is 1. The molecule has 1 amide bonds. The van der Waals surface area contributed by atoms with E-state index in [1.165, 1.54) is 0 Å². The molecule has 2 rings (SSSR count). The number of rotatable bonds is 2. The van der Waals surface area contributed by atoms with E-state index in [2.05, 4.69) is 5.32 Å². The molecular formula is C12H17N3O. The highest BCUT2D eigenvalue weighted by Gasteiger charge is 2.41. The number of amides is 1. The van der Waals surface area contributed by atoms with Crippen LogP contribution in [0.5, 0.6) is 0 Å². The standard InChI is InChI=1S/C12H17N3O/c1-15-9-5-8-12(15,13)11(16)14-10-6-3-2-4-7-10/h2-4,6-7H,5,8-9,13H2,1H3,(H,14,16)/t12-/m1/s1. The van der Waals surface area contributed by atoms with Gasteiger partial charge >= 0.3 is 0 Å². The van der Waals surface area contributed by atoms with Gasteiger partial charge in [0.15, 0.2) is 0 Å². The predicted octanol–water partition coefficient (Wildman–Crippen LogP) is 1.01. The fourth-order valence-corrected chi connectivity index (χ4v) is 2.02. The maximum Gasteiger partial charge on any atom is 0.259 e. The molecule has 1 aromatic rings. The van der Waals surface area contributed by atoms with Gasteiger partial charge < -0.3 is 11.1 Å². The Morgan fingerprint density at radius 2 is 2.12 bits per heavy atom. The summed E-state index contributed by atoms with van der Waals surface area (Å²) in [5, 5.41) is 2.85. The first-order valence-electron chi connectivity index (χ1n) is 5.49. The molecule has 1 fully saturated rings. The van der Waals surface area contributed by atoms with Gasteiger partial charge in [0.05, 0.1) is 0 Å². The van der Waals surface area contributed by atoms with Crippen LogP contribution in [0, 0.1) is 0 Å². The first-order chi connectivity index (χ1) is 7.63. The number of likely N-dealkylation sites (tertiary alicyclic amines) is 1. The Bertz CT molecular complexity index is 379. The smallest absolute Gasteiger partial charge is 0.259 e. The molecular weight excluding hydrogens is 202 g/mol. The van der Waals surface area contributed by atoms with E-state index in [1.54, 1.807) is 0 Å². The van der Waals surface area contributed by atoms with Crippen LogP contribution >= 0.6 is 0 Å². The number of nitrogens with two attached hydrogens (primary N) is 1. The lowest BCUT2D eigenvalue weighted by molar-refractivity contribution is -0.125. The molecule has 1 saturated heterocycles.